The lowest BCUT2D eigenvalue weighted by Gasteiger charge is -2.34. The molecule has 0 atom stereocenters. The van der Waals surface area contributed by atoms with E-state index in [0.29, 0.717) is 24.3 Å². The number of urea groups is 1. The Morgan fingerprint density at radius 2 is 1.59 bits per heavy atom. The van der Waals surface area contributed by atoms with Crippen molar-refractivity contribution in [2.75, 3.05) is 52.3 Å². The number of carbonyl (C=O) groups excluding carboxylic acids is 2. The van der Waals surface area contributed by atoms with Crippen LogP contribution in [0, 0.1) is 0 Å². The minimum Gasteiger partial charge on any atom is -0.497 e. The number of anilines is 1. The number of benzene rings is 2. The highest BCUT2D eigenvalue weighted by Gasteiger charge is 2.21. The van der Waals surface area contributed by atoms with Crippen LogP contribution in [0.2, 0.25) is 0 Å². The Hall–Kier alpha value is -3.06. The van der Waals surface area contributed by atoms with Gasteiger partial charge in [-0.1, -0.05) is 12.1 Å². The minimum absolute atomic E-state index is 0.120. The van der Waals surface area contributed by atoms with Crippen molar-refractivity contribution < 1.29 is 19.1 Å². The maximum atomic E-state index is 12.5. The van der Waals surface area contributed by atoms with E-state index in [9.17, 15) is 9.59 Å². The SMILES string of the molecule is COC(=O)c1ccc(NC(=O)N2CCN(CCc3ccc(OC)cc3)CC2)cc1. The van der Waals surface area contributed by atoms with E-state index >= 15 is 0 Å². The highest BCUT2D eigenvalue weighted by Crippen LogP contribution is 2.14. The molecule has 1 fully saturated rings. The first-order chi connectivity index (χ1) is 14.1. The molecule has 2 amide bonds. The van der Waals surface area contributed by atoms with Crippen LogP contribution in [0.3, 0.4) is 0 Å². The number of rotatable bonds is 6. The van der Waals surface area contributed by atoms with Crippen molar-refractivity contribution in [2.45, 2.75) is 6.42 Å². The van der Waals surface area contributed by atoms with E-state index in [2.05, 4.69) is 27.1 Å². The average molecular weight is 397 g/mol. The summed E-state index contributed by atoms with van der Waals surface area (Å²) in [6, 6.07) is 14.7. The normalized spacial score (nSPS) is 14.3. The van der Waals surface area contributed by atoms with Gasteiger partial charge in [-0.15, -0.1) is 0 Å². The van der Waals surface area contributed by atoms with E-state index in [1.54, 1.807) is 31.4 Å². The Morgan fingerprint density at radius 1 is 0.931 bits per heavy atom. The Morgan fingerprint density at radius 3 is 2.17 bits per heavy atom. The largest absolute Gasteiger partial charge is 0.497 e. The number of ether oxygens (including phenoxy) is 2. The van der Waals surface area contributed by atoms with Crippen LogP contribution in [0.15, 0.2) is 48.5 Å². The van der Waals surface area contributed by atoms with Gasteiger partial charge in [0, 0.05) is 38.4 Å². The van der Waals surface area contributed by atoms with Crippen LogP contribution in [0.4, 0.5) is 10.5 Å². The van der Waals surface area contributed by atoms with E-state index in [0.717, 1.165) is 31.8 Å². The smallest absolute Gasteiger partial charge is 0.337 e. The van der Waals surface area contributed by atoms with Crippen LogP contribution in [0.5, 0.6) is 5.75 Å². The van der Waals surface area contributed by atoms with Gasteiger partial charge in [0.05, 0.1) is 19.8 Å². The molecule has 7 heteroatoms. The van der Waals surface area contributed by atoms with Crippen LogP contribution < -0.4 is 10.1 Å². The highest BCUT2D eigenvalue weighted by atomic mass is 16.5. The van der Waals surface area contributed by atoms with Crippen molar-refractivity contribution in [1.82, 2.24) is 9.80 Å². The summed E-state index contributed by atoms with van der Waals surface area (Å²) in [5, 5.41) is 2.88. The maximum Gasteiger partial charge on any atom is 0.337 e. The molecular formula is C22H27N3O4. The van der Waals surface area contributed by atoms with Crippen LogP contribution in [0.1, 0.15) is 15.9 Å². The molecule has 2 aromatic rings. The molecule has 0 radical (unpaired) electrons. The Labute approximate surface area is 171 Å². The van der Waals surface area contributed by atoms with Gasteiger partial charge in [-0.2, -0.15) is 0 Å². The van der Waals surface area contributed by atoms with Crippen LogP contribution in [-0.4, -0.2) is 68.7 Å². The van der Waals surface area contributed by atoms with Gasteiger partial charge in [0.1, 0.15) is 5.75 Å². The van der Waals surface area contributed by atoms with Crippen molar-refractivity contribution in [3.8, 4) is 5.75 Å². The molecule has 1 saturated heterocycles. The Bertz CT molecular complexity index is 813. The lowest BCUT2D eigenvalue weighted by molar-refractivity contribution is 0.0600. The number of hydrogen-bond donors (Lipinski definition) is 1. The van der Waals surface area contributed by atoms with Crippen molar-refractivity contribution in [2.24, 2.45) is 0 Å². The number of methoxy groups -OCH3 is 2. The lowest BCUT2D eigenvalue weighted by Crippen LogP contribution is -2.50. The number of nitrogens with zero attached hydrogens (tertiary/aromatic N) is 2. The molecule has 0 unspecified atom stereocenters. The van der Waals surface area contributed by atoms with Crippen molar-refractivity contribution in [3.63, 3.8) is 0 Å². The molecule has 0 bridgehead atoms. The van der Waals surface area contributed by atoms with Gasteiger partial charge in [-0.25, -0.2) is 9.59 Å². The van der Waals surface area contributed by atoms with Crippen LogP contribution >= 0.6 is 0 Å². The Kier molecular flexibility index (Phi) is 7.08. The molecule has 1 aliphatic heterocycles. The highest BCUT2D eigenvalue weighted by molar-refractivity contribution is 5.92. The summed E-state index contributed by atoms with van der Waals surface area (Å²) >= 11 is 0. The monoisotopic (exact) mass is 397 g/mol. The number of amides is 2. The van der Waals surface area contributed by atoms with Crippen molar-refractivity contribution in [1.29, 1.82) is 0 Å². The molecule has 2 aromatic carbocycles. The zero-order valence-electron chi connectivity index (χ0n) is 16.9. The number of piperazine rings is 1. The minimum atomic E-state index is -0.395. The molecule has 1 heterocycles. The molecule has 7 nitrogen and oxygen atoms in total. The number of nitrogens with one attached hydrogen (secondary N) is 1. The number of hydrogen-bond acceptors (Lipinski definition) is 5. The molecule has 154 valence electrons. The lowest BCUT2D eigenvalue weighted by atomic mass is 10.1. The third-order valence-corrected chi connectivity index (χ3v) is 5.09. The quantitative estimate of drug-likeness (QED) is 0.759. The standard InChI is InChI=1S/C22H27N3O4/c1-28-20-9-3-17(4-10-20)11-12-24-13-15-25(16-14-24)22(27)23-19-7-5-18(6-8-19)21(26)29-2/h3-10H,11-16H2,1-2H3,(H,23,27). The molecule has 0 spiro atoms. The first kappa shape index (κ1) is 20.7. The van der Waals surface area contributed by atoms with Gasteiger partial charge in [0.2, 0.25) is 0 Å². The fourth-order valence-corrected chi connectivity index (χ4v) is 3.26. The topological polar surface area (TPSA) is 71.1 Å². The summed E-state index contributed by atoms with van der Waals surface area (Å²) in [5.74, 6) is 0.474. The molecule has 1 aliphatic rings. The third-order valence-electron chi connectivity index (χ3n) is 5.09. The van der Waals surface area contributed by atoms with Crippen molar-refractivity contribution >= 4 is 17.7 Å². The van der Waals surface area contributed by atoms with E-state index in [1.165, 1.54) is 12.7 Å². The summed E-state index contributed by atoms with van der Waals surface area (Å²) in [4.78, 5) is 28.1. The van der Waals surface area contributed by atoms with Gasteiger partial charge in [-0.05, 0) is 48.4 Å². The van der Waals surface area contributed by atoms with Crippen molar-refractivity contribution in [3.05, 3.63) is 59.7 Å². The first-order valence-corrected chi connectivity index (χ1v) is 9.68. The first-order valence-electron chi connectivity index (χ1n) is 9.68. The second kappa shape index (κ2) is 9.93. The van der Waals surface area contributed by atoms with Crippen LogP contribution in [0.25, 0.3) is 0 Å². The summed E-state index contributed by atoms with van der Waals surface area (Å²) in [5.41, 5.74) is 2.39. The third kappa shape index (κ3) is 5.71. The average Bonchev–Trinajstić information content (AvgIpc) is 2.78. The predicted molar refractivity (Wildman–Crippen MR) is 112 cm³/mol. The van der Waals surface area contributed by atoms with E-state index in [4.69, 9.17) is 4.74 Å². The predicted octanol–water partition coefficient (Wildman–Crippen LogP) is 2.87. The van der Waals surface area contributed by atoms with Gasteiger partial charge in [-0.3, -0.25) is 4.90 Å². The zero-order valence-corrected chi connectivity index (χ0v) is 16.9. The maximum absolute atomic E-state index is 12.5. The second-order valence-corrected chi connectivity index (χ2v) is 6.93. The molecule has 0 aromatic heterocycles. The summed E-state index contributed by atoms with van der Waals surface area (Å²) in [6.07, 6.45) is 0.975. The van der Waals surface area contributed by atoms with Gasteiger partial charge in [0.25, 0.3) is 0 Å². The summed E-state index contributed by atoms with van der Waals surface area (Å²) in [7, 11) is 3.01. The molecule has 29 heavy (non-hydrogen) atoms. The van der Waals surface area contributed by atoms with Gasteiger partial charge < -0.3 is 19.7 Å². The van der Waals surface area contributed by atoms with Crippen LogP contribution in [-0.2, 0) is 11.2 Å². The molecule has 3 rings (SSSR count). The second-order valence-electron chi connectivity index (χ2n) is 6.93. The fraction of sp³-hybridized carbons (Fsp3) is 0.364. The summed E-state index contributed by atoms with van der Waals surface area (Å²) < 4.78 is 9.86. The van der Waals surface area contributed by atoms with E-state index in [1.807, 2.05) is 17.0 Å². The number of carbonyl (C=O) groups is 2. The summed E-state index contributed by atoms with van der Waals surface area (Å²) in [6.45, 7) is 4.05. The fourth-order valence-electron chi connectivity index (χ4n) is 3.26. The van der Waals surface area contributed by atoms with Gasteiger partial charge in [0.15, 0.2) is 0 Å². The van der Waals surface area contributed by atoms with E-state index in [-0.39, 0.29) is 6.03 Å². The number of esters is 1. The molecular weight excluding hydrogens is 370 g/mol. The van der Waals surface area contributed by atoms with E-state index < -0.39 is 5.97 Å². The zero-order chi connectivity index (χ0) is 20.6. The van der Waals surface area contributed by atoms with Gasteiger partial charge >= 0.3 is 12.0 Å². The molecule has 0 saturated carbocycles. The Balaban J connectivity index is 1.42. The molecule has 0 aliphatic carbocycles. The molecule has 1 N–H and O–H groups in total.